The van der Waals surface area contributed by atoms with Crippen molar-refractivity contribution in [2.24, 2.45) is 5.92 Å². The maximum absolute atomic E-state index is 6.25. The van der Waals surface area contributed by atoms with Gasteiger partial charge in [0.05, 0.1) is 10.7 Å². The minimum absolute atomic E-state index is 0.716. The maximum atomic E-state index is 6.25. The van der Waals surface area contributed by atoms with Gasteiger partial charge in [-0.15, -0.1) is 0 Å². The van der Waals surface area contributed by atoms with Gasteiger partial charge in [0.2, 0.25) is 0 Å². The zero-order valence-corrected chi connectivity index (χ0v) is 11.4. The largest absolute Gasteiger partial charge is 0.370 e. The van der Waals surface area contributed by atoms with E-state index in [2.05, 4.69) is 15.2 Å². The number of hydrogen-bond acceptors (Lipinski definition) is 3. The standard InChI is InChI=1S/C14H20ClN3/c15-12-9-16-7-5-14(12)18-8-2-3-11(10-18)13-4-1-6-17-13/h5,7,9,11,13,17H,1-4,6,8,10H2. The Labute approximate surface area is 114 Å². The monoisotopic (exact) mass is 265 g/mol. The van der Waals surface area contributed by atoms with Crippen LogP contribution in [0.1, 0.15) is 25.7 Å². The fraction of sp³-hybridized carbons (Fsp3) is 0.643. The lowest BCUT2D eigenvalue weighted by atomic mass is 9.89. The van der Waals surface area contributed by atoms with Gasteiger partial charge in [-0.25, -0.2) is 0 Å². The minimum atomic E-state index is 0.716. The molecule has 0 amide bonds. The molecule has 0 aliphatic carbocycles. The lowest BCUT2D eigenvalue weighted by molar-refractivity contribution is 0.329. The van der Waals surface area contributed by atoms with Gasteiger partial charge in [0.15, 0.2) is 0 Å². The number of nitrogens with zero attached hydrogens (tertiary/aromatic N) is 2. The number of halogens is 1. The molecule has 0 radical (unpaired) electrons. The van der Waals surface area contributed by atoms with E-state index >= 15 is 0 Å². The van der Waals surface area contributed by atoms with Gasteiger partial charge >= 0.3 is 0 Å². The molecule has 3 nitrogen and oxygen atoms in total. The summed E-state index contributed by atoms with van der Waals surface area (Å²) >= 11 is 6.25. The highest BCUT2D eigenvalue weighted by atomic mass is 35.5. The number of rotatable bonds is 2. The highest BCUT2D eigenvalue weighted by Gasteiger charge is 2.29. The van der Waals surface area contributed by atoms with Crippen molar-refractivity contribution in [3.63, 3.8) is 0 Å². The summed E-state index contributed by atoms with van der Waals surface area (Å²) < 4.78 is 0. The van der Waals surface area contributed by atoms with E-state index in [4.69, 9.17) is 11.6 Å². The summed E-state index contributed by atoms with van der Waals surface area (Å²) in [4.78, 5) is 6.49. The second-order valence-corrected chi connectivity index (χ2v) is 5.79. The van der Waals surface area contributed by atoms with Gasteiger partial charge in [-0.1, -0.05) is 11.6 Å². The number of anilines is 1. The molecule has 0 saturated carbocycles. The first-order chi connectivity index (χ1) is 8.84. The van der Waals surface area contributed by atoms with E-state index in [9.17, 15) is 0 Å². The maximum Gasteiger partial charge on any atom is 0.0822 e. The zero-order valence-electron chi connectivity index (χ0n) is 10.6. The molecule has 18 heavy (non-hydrogen) atoms. The molecule has 2 aliphatic rings. The molecule has 0 spiro atoms. The Hall–Kier alpha value is -0.800. The SMILES string of the molecule is Clc1cnccc1N1CCCC(C2CCCN2)C1. The van der Waals surface area contributed by atoms with Crippen LogP contribution in [-0.4, -0.2) is 30.7 Å². The normalized spacial score (nSPS) is 28.6. The van der Waals surface area contributed by atoms with Gasteiger partial charge < -0.3 is 10.2 Å². The fourth-order valence-electron chi connectivity index (χ4n) is 3.30. The Morgan fingerprint density at radius 3 is 3.06 bits per heavy atom. The molecule has 2 aliphatic heterocycles. The first kappa shape index (κ1) is 12.2. The summed E-state index contributed by atoms with van der Waals surface area (Å²) in [6, 6.07) is 2.75. The molecule has 3 heterocycles. The predicted octanol–water partition coefficient (Wildman–Crippen LogP) is 2.70. The van der Waals surface area contributed by atoms with Crippen molar-refractivity contribution < 1.29 is 0 Å². The van der Waals surface area contributed by atoms with Crippen LogP contribution in [0.15, 0.2) is 18.5 Å². The van der Waals surface area contributed by atoms with E-state index in [1.165, 1.54) is 32.2 Å². The number of aromatic nitrogens is 1. The molecule has 2 unspecified atom stereocenters. The Morgan fingerprint density at radius 1 is 1.33 bits per heavy atom. The van der Waals surface area contributed by atoms with E-state index in [1.807, 2.05) is 12.3 Å². The van der Waals surface area contributed by atoms with Crippen LogP contribution >= 0.6 is 11.6 Å². The molecule has 98 valence electrons. The van der Waals surface area contributed by atoms with E-state index < -0.39 is 0 Å². The molecule has 4 heteroatoms. The van der Waals surface area contributed by atoms with Gasteiger partial charge in [-0.3, -0.25) is 4.98 Å². The van der Waals surface area contributed by atoms with Crippen LogP contribution in [0, 0.1) is 5.92 Å². The van der Waals surface area contributed by atoms with Crippen molar-refractivity contribution >= 4 is 17.3 Å². The van der Waals surface area contributed by atoms with Crippen molar-refractivity contribution in [2.45, 2.75) is 31.7 Å². The van der Waals surface area contributed by atoms with E-state index in [0.29, 0.717) is 6.04 Å². The summed E-state index contributed by atoms with van der Waals surface area (Å²) in [5, 5.41) is 4.42. The minimum Gasteiger partial charge on any atom is -0.370 e. The number of nitrogens with one attached hydrogen (secondary N) is 1. The quantitative estimate of drug-likeness (QED) is 0.891. The Bertz CT molecular complexity index is 404. The van der Waals surface area contributed by atoms with Crippen LogP contribution in [0.4, 0.5) is 5.69 Å². The Morgan fingerprint density at radius 2 is 2.28 bits per heavy atom. The molecule has 0 aromatic carbocycles. The fourth-order valence-corrected chi connectivity index (χ4v) is 3.53. The summed E-state index contributed by atoms with van der Waals surface area (Å²) in [5.74, 6) is 0.769. The van der Waals surface area contributed by atoms with Crippen molar-refractivity contribution in [3.05, 3.63) is 23.5 Å². The Kier molecular flexibility index (Phi) is 3.71. The molecule has 1 aromatic heterocycles. The summed E-state index contributed by atoms with van der Waals surface area (Å²) in [6.07, 6.45) is 8.85. The van der Waals surface area contributed by atoms with Crippen LogP contribution in [0.5, 0.6) is 0 Å². The second kappa shape index (κ2) is 5.45. The van der Waals surface area contributed by atoms with Crippen LogP contribution in [0.3, 0.4) is 0 Å². The van der Waals surface area contributed by atoms with Crippen LogP contribution < -0.4 is 10.2 Å². The second-order valence-electron chi connectivity index (χ2n) is 5.38. The molecule has 2 fully saturated rings. The molecule has 2 atom stereocenters. The van der Waals surface area contributed by atoms with E-state index in [0.717, 1.165) is 29.7 Å². The van der Waals surface area contributed by atoms with Gasteiger partial charge in [0.1, 0.15) is 0 Å². The van der Waals surface area contributed by atoms with Crippen molar-refractivity contribution in [2.75, 3.05) is 24.5 Å². The lowest BCUT2D eigenvalue weighted by Crippen LogP contribution is -2.43. The van der Waals surface area contributed by atoms with Gasteiger partial charge in [0.25, 0.3) is 0 Å². The topological polar surface area (TPSA) is 28.2 Å². The number of hydrogen-bond donors (Lipinski definition) is 1. The van der Waals surface area contributed by atoms with Crippen molar-refractivity contribution in [1.29, 1.82) is 0 Å². The molecule has 1 aromatic rings. The third-order valence-electron chi connectivity index (χ3n) is 4.22. The van der Waals surface area contributed by atoms with Crippen molar-refractivity contribution in [1.82, 2.24) is 10.3 Å². The van der Waals surface area contributed by atoms with Crippen LogP contribution in [0.25, 0.3) is 0 Å². The Balaban J connectivity index is 1.72. The number of pyridine rings is 1. The van der Waals surface area contributed by atoms with Gasteiger partial charge in [-0.05, 0) is 44.2 Å². The summed E-state index contributed by atoms with van der Waals surface area (Å²) in [5.41, 5.74) is 1.15. The highest BCUT2D eigenvalue weighted by Crippen LogP contribution is 2.31. The molecule has 3 rings (SSSR count). The smallest absolute Gasteiger partial charge is 0.0822 e. The third kappa shape index (κ3) is 2.47. The molecular formula is C14H20ClN3. The first-order valence-electron chi connectivity index (χ1n) is 6.92. The van der Waals surface area contributed by atoms with Gasteiger partial charge in [0, 0.05) is 31.5 Å². The average Bonchev–Trinajstić information content (AvgIpc) is 2.93. The molecule has 1 N–H and O–H groups in total. The average molecular weight is 266 g/mol. The van der Waals surface area contributed by atoms with Crippen molar-refractivity contribution in [3.8, 4) is 0 Å². The lowest BCUT2D eigenvalue weighted by Gasteiger charge is -2.37. The first-order valence-corrected chi connectivity index (χ1v) is 7.30. The van der Waals surface area contributed by atoms with Crippen LogP contribution in [0.2, 0.25) is 5.02 Å². The van der Waals surface area contributed by atoms with Crippen LogP contribution in [-0.2, 0) is 0 Å². The highest BCUT2D eigenvalue weighted by molar-refractivity contribution is 6.33. The molecular weight excluding hydrogens is 246 g/mol. The van der Waals surface area contributed by atoms with Gasteiger partial charge in [-0.2, -0.15) is 0 Å². The third-order valence-corrected chi connectivity index (χ3v) is 4.51. The molecule has 0 bridgehead atoms. The zero-order chi connectivity index (χ0) is 12.4. The predicted molar refractivity (Wildman–Crippen MR) is 75.2 cm³/mol. The molecule has 2 saturated heterocycles. The van der Waals surface area contributed by atoms with E-state index in [1.54, 1.807) is 6.20 Å². The summed E-state index contributed by atoms with van der Waals surface area (Å²) in [6.45, 7) is 3.44. The number of piperidine rings is 1. The van der Waals surface area contributed by atoms with E-state index in [-0.39, 0.29) is 0 Å². The summed E-state index contributed by atoms with van der Waals surface area (Å²) in [7, 11) is 0.